The Morgan fingerprint density at radius 3 is 2.40 bits per heavy atom. The largest absolute Gasteiger partial charge is 0.824 e. The lowest BCUT2D eigenvalue weighted by Gasteiger charge is -2.19. The first-order chi connectivity index (χ1) is 4.84. The number of rotatable bonds is 2. The molecule has 0 saturated carbocycles. The van der Waals surface area contributed by atoms with Gasteiger partial charge in [-0.05, 0) is 5.30 Å². The van der Waals surface area contributed by atoms with Gasteiger partial charge < -0.3 is 10.00 Å². The van der Waals surface area contributed by atoms with Crippen LogP contribution >= 0.6 is 8.15 Å². The molecule has 0 heterocycles. The van der Waals surface area contributed by atoms with Crippen molar-refractivity contribution < 1.29 is 10.00 Å². The first kappa shape index (κ1) is 7.67. The quantitative estimate of drug-likeness (QED) is 0.612. The van der Waals surface area contributed by atoms with Crippen LogP contribution in [0.5, 0.6) is 0 Å². The maximum Gasteiger partial charge on any atom is 0.0520 e. The minimum atomic E-state index is -1.57. The average Bonchev–Trinajstić information content (AvgIpc) is 2.05. The van der Waals surface area contributed by atoms with Crippen molar-refractivity contribution in [2.45, 2.75) is 0 Å². The summed E-state index contributed by atoms with van der Waals surface area (Å²) in [5, 5.41) is 9.21. The molecule has 0 saturated heterocycles. The smallest absolute Gasteiger partial charge is 0.0520 e. The van der Waals surface area contributed by atoms with Gasteiger partial charge in [0.1, 0.15) is 0 Å². The summed E-state index contributed by atoms with van der Waals surface area (Å²) in [6, 6.07) is 8.95. The Hall–Kier alpha value is -0.430. The molecule has 1 rings (SSSR count). The molecular weight excluding hydrogens is 147 g/mol. The molecule has 0 spiro atoms. The van der Waals surface area contributed by atoms with Crippen molar-refractivity contribution in [1.29, 1.82) is 0 Å². The molecule has 3 heteroatoms. The fourth-order valence-corrected chi connectivity index (χ4v) is 1.34. The first-order valence-electron chi connectivity index (χ1n) is 2.95. The molecule has 0 aromatic heterocycles. The molecule has 0 aliphatic heterocycles. The molecule has 10 heavy (non-hydrogen) atoms. The Morgan fingerprint density at radius 2 is 1.90 bits per heavy atom. The second-order valence-electron chi connectivity index (χ2n) is 1.86. The van der Waals surface area contributed by atoms with Gasteiger partial charge in [0, 0.05) is 0 Å². The highest BCUT2D eigenvalue weighted by atomic mass is 31.1. The van der Waals surface area contributed by atoms with Crippen LogP contribution in [-0.2, 0) is 0 Å². The molecule has 1 unspecified atom stereocenters. The summed E-state index contributed by atoms with van der Waals surface area (Å²) in [5.41, 5.74) is 0. The molecule has 0 amide bonds. The molecule has 0 radical (unpaired) electrons. The zero-order valence-corrected chi connectivity index (χ0v) is 6.29. The van der Waals surface area contributed by atoms with Crippen LogP contribution in [0.4, 0.5) is 0 Å². The predicted octanol–water partition coefficient (Wildman–Crippen LogP) is 0.0189. The zero-order valence-electron chi connectivity index (χ0n) is 5.40. The number of aliphatic hydroxyl groups excluding tert-OH is 1. The second kappa shape index (κ2) is 3.67. The Kier molecular flexibility index (Phi) is 2.82. The van der Waals surface area contributed by atoms with Gasteiger partial charge in [0.05, 0.1) is 6.35 Å². The molecular formula is C7H8O2P-. The van der Waals surface area contributed by atoms with Crippen molar-refractivity contribution in [3.05, 3.63) is 30.3 Å². The van der Waals surface area contributed by atoms with E-state index in [1.165, 1.54) is 0 Å². The lowest BCUT2D eigenvalue weighted by atomic mass is 10.4. The highest BCUT2D eigenvalue weighted by molar-refractivity contribution is 7.58. The maximum atomic E-state index is 10.9. The summed E-state index contributed by atoms with van der Waals surface area (Å²) < 4.78 is 0. The van der Waals surface area contributed by atoms with E-state index in [4.69, 9.17) is 5.11 Å². The molecule has 0 bridgehead atoms. The van der Waals surface area contributed by atoms with Crippen molar-refractivity contribution in [3.63, 3.8) is 0 Å². The standard InChI is InChI=1S/C7H8O2P/c8-6-10(9)7-4-2-1-3-5-7/h1-5,8H,6H2/q-1. The van der Waals surface area contributed by atoms with E-state index >= 15 is 0 Å². The Balaban J connectivity index is 2.75. The molecule has 0 aliphatic rings. The third kappa shape index (κ3) is 1.77. The van der Waals surface area contributed by atoms with E-state index < -0.39 is 8.15 Å². The summed E-state index contributed by atoms with van der Waals surface area (Å²) in [4.78, 5) is 10.9. The Morgan fingerprint density at radius 1 is 1.30 bits per heavy atom. The summed E-state index contributed by atoms with van der Waals surface area (Å²) >= 11 is 0. The van der Waals surface area contributed by atoms with Crippen LogP contribution in [0.15, 0.2) is 30.3 Å². The third-order valence-corrected chi connectivity index (χ3v) is 2.30. The molecule has 1 aromatic carbocycles. The van der Waals surface area contributed by atoms with Crippen molar-refractivity contribution in [2.75, 3.05) is 6.35 Å². The van der Waals surface area contributed by atoms with Gasteiger partial charge in [-0.1, -0.05) is 30.3 Å². The van der Waals surface area contributed by atoms with E-state index in [1.807, 2.05) is 6.07 Å². The van der Waals surface area contributed by atoms with Crippen LogP contribution in [0, 0.1) is 0 Å². The lowest BCUT2D eigenvalue weighted by molar-refractivity contribution is -0.159. The Labute approximate surface area is 61.0 Å². The second-order valence-corrected chi connectivity index (χ2v) is 3.41. The van der Waals surface area contributed by atoms with Crippen LogP contribution in [0.3, 0.4) is 0 Å². The van der Waals surface area contributed by atoms with E-state index in [9.17, 15) is 4.89 Å². The van der Waals surface area contributed by atoms with Crippen molar-refractivity contribution in [1.82, 2.24) is 0 Å². The van der Waals surface area contributed by atoms with E-state index in [2.05, 4.69) is 0 Å². The molecule has 1 atom stereocenters. The molecule has 1 aromatic rings. The topological polar surface area (TPSA) is 43.3 Å². The summed E-state index contributed by atoms with van der Waals surface area (Å²) in [6.45, 7) is 0. The van der Waals surface area contributed by atoms with Crippen LogP contribution < -0.4 is 10.2 Å². The van der Waals surface area contributed by atoms with E-state index in [0.29, 0.717) is 5.30 Å². The van der Waals surface area contributed by atoms with Crippen LogP contribution in [-0.4, -0.2) is 11.5 Å². The minimum Gasteiger partial charge on any atom is -0.824 e. The van der Waals surface area contributed by atoms with Crippen molar-refractivity contribution >= 4 is 13.5 Å². The maximum absolute atomic E-state index is 10.9. The molecule has 2 nitrogen and oxygen atoms in total. The minimum absolute atomic E-state index is 0.265. The molecule has 54 valence electrons. The monoisotopic (exact) mass is 155 g/mol. The number of hydrogen-bond acceptors (Lipinski definition) is 2. The van der Waals surface area contributed by atoms with E-state index in [1.54, 1.807) is 24.3 Å². The van der Waals surface area contributed by atoms with Gasteiger partial charge in [0.2, 0.25) is 0 Å². The SMILES string of the molecule is [O-]P(CO)c1ccccc1. The number of benzene rings is 1. The van der Waals surface area contributed by atoms with E-state index in [-0.39, 0.29) is 6.35 Å². The summed E-state index contributed by atoms with van der Waals surface area (Å²) in [7, 11) is -1.57. The summed E-state index contributed by atoms with van der Waals surface area (Å²) in [5.74, 6) is 0. The highest BCUT2D eigenvalue weighted by Crippen LogP contribution is 2.20. The van der Waals surface area contributed by atoms with Gasteiger partial charge in [-0.3, -0.25) is 0 Å². The fraction of sp³-hybridized carbons (Fsp3) is 0.143. The van der Waals surface area contributed by atoms with Gasteiger partial charge in [0.15, 0.2) is 0 Å². The van der Waals surface area contributed by atoms with Gasteiger partial charge in [-0.15, -0.1) is 8.15 Å². The Bertz CT molecular complexity index is 188. The van der Waals surface area contributed by atoms with Gasteiger partial charge in [-0.2, -0.15) is 0 Å². The average molecular weight is 155 g/mol. The lowest BCUT2D eigenvalue weighted by Crippen LogP contribution is -2.11. The predicted molar refractivity (Wildman–Crippen MR) is 40.1 cm³/mol. The summed E-state index contributed by atoms with van der Waals surface area (Å²) in [6.07, 6.45) is -0.265. The third-order valence-electron chi connectivity index (χ3n) is 1.17. The van der Waals surface area contributed by atoms with Gasteiger partial charge in [-0.25, -0.2) is 0 Å². The highest BCUT2D eigenvalue weighted by Gasteiger charge is 1.91. The number of aliphatic hydroxyl groups is 1. The van der Waals surface area contributed by atoms with Crippen molar-refractivity contribution in [3.8, 4) is 0 Å². The van der Waals surface area contributed by atoms with Crippen LogP contribution in [0.25, 0.3) is 0 Å². The molecule has 0 fully saturated rings. The van der Waals surface area contributed by atoms with Gasteiger partial charge >= 0.3 is 0 Å². The zero-order chi connectivity index (χ0) is 7.40. The number of hydrogen-bond donors (Lipinski definition) is 1. The molecule has 1 N–H and O–H groups in total. The fourth-order valence-electron chi connectivity index (χ4n) is 0.676. The van der Waals surface area contributed by atoms with E-state index in [0.717, 1.165) is 0 Å². The normalized spacial score (nSPS) is 13.0. The van der Waals surface area contributed by atoms with Crippen molar-refractivity contribution in [2.24, 2.45) is 0 Å². The van der Waals surface area contributed by atoms with Crippen LogP contribution in [0.2, 0.25) is 0 Å². The molecule has 0 aliphatic carbocycles. The van der Waals surface area contributed by atoms with Gasteiger partial charge in [0.25, 0.3) is 0 Å². The van der Waals surface area contributed by atoms with Crippen LogP contribution in [0.1, 0.15) is 0 Å². The first-order valence-corrected chi connectivity index (χ1v) is 4.39.